The van der Waals surface area contributed by atoms with E-state index in [9.17, 15) is 8.42 Å². The van der Waals surface area contributed by atoms with Crippen LogP contribution in [0.25, 0.3) is 0 Å². The summed E-state index contributed by atoms with van der Waals surface area (Å²) in [5.41, 5.74) is 8.63. The number of nitrogens with two attached hydrogens (primary N) is 1. The number of sulfone groups is 1. The van der Waals surface area contributed by atoms with E-state index < -0.39 is 9.84 Å². The lowest BCUT2D eigenvalue weighted by molar-refractivity contribution is 0.567. The van der Waals surface area contributed by atoms with E-state index in [0.29, 0.717) is 13.1 Å². The molecule has 1 atom stereocenters. The van der Waals surface area contributed by atoms with E-state index in [4.69, 9.17) is 5.73 Å². The zero-order chi connectivity index (χ0) is 13.3. The van der Waals surface area contributed by atoms with Gasteiger partial charge in [-0.1, -0.05) is 0 Å². The first kappa shape index (κ1) is 13.3. The zero-order valence-corrected chi connectivity index (χ0v) is 11.6. The molecule has 1 aromatic heterocycles. The van der Waals surface area contributed by atoms with Crippen LogP contribution in [0.5, 0.6) is 0 Å². The van der Waals surface area contributed by atoms with Gasteiger partial charge in [0.05, 0.1) is 11.5 Å². The molecular weight excluding hydrogens is 250 g/mol. The summed E-state index contributed by atoms with van der Waals surface area (Å²) in [5, 5.41) is 0. The molecule has 5 nitrogen and oxygen atoms in total. The Morgan fingerprint density at radius 3 is 2.89 bits per heavy atom. The summed E-state index contributed by atoms with van der Waals surface area (Å²) in [4.78, 5) is 6.36. The second-order valence-electron chi connectivity index (χ2n) is 4.82. The van der Waals surface area contributed by atoms with Crippen LogP contribution in [-0.4, -0.2) is 37.5 Å². The van der Waals surface area contributed by atoms with Crippen molar-refractivity contribution in [2.75, 3.05) is 23.0 Å². The molecule has 0 aromatic carbocycles. The van der Waals surface area contributed by atoms with Crippen LogP contribution >= 0.6 is 0 Å². The average molecular weight is 269 g/mol. The molecular formula is C12H19N3O2S. The van der Waals surface area contributed by atoms with Crippen molar-refractivity contribution in [2.24, 2.45) is 5.73 Å². The van der Waals surface area contributed by atoms with Crippen molar-refractivity contribution in [3.63, 3.8) is 0 Å². The maximum atomic E-state index is 11.6. The van der Waals surface area contributed by atoms with Crippen molar-refractivity contribution >= 4 is 15.5 Å². The van der Waals surface area contributed by atoms with Crippen LogP contribution in [-0.2, 0) is 16.4 Å². The van der Waals surface area contributed by atoms with E-state index in [2.05, 4.69) is 9.88 Å². The van der Waals surface area contributed by atoms with Crippen LogP contribution in [0.4, 0.5) is 5.69 Å². The van der Waals surface area contributed by atoms with Crippen LogP contribution < -0.4 is 10.6 Å². The molecule has 0 radical (unpaired) electrons. The van der Waals surface area contributed by atoms with E-state index in [1.165, 1.54) is 0 Å². The average Bonchev–Trinajstić information content (AvgIpc) is 2.28. The van der Waals surface area contributed by atoms with Crippen molar-refractivity contribution < 1.29 is 8.42 Å². The Labute approximate surface area is 108 Å². The highest BCUT2D eigenvalue weighted by atomic mass is 32.2. The van der Waals surface area contributed by atoms with Gasteiger partial charge in [0, 0.05) is 42.3 Å². The number of aryl methyl sites for hydroxylation is 1. The number of nitrogens with zero attached hydrogens (tertiary/aromatic N) is 2. The first-order chi connectivity index (χ1) is 8.43. The van der Waals surface area contributed by atoms with Crippen LogP contribution in [0.3, 0.4) is 0 Å². The van der Waals surface area contributed by atoms with Gasteiger partial charge in [0.25, 0.3) is 0 Å². The summed E-state index contributed by atoms with van der Waals surface area (Å²) in [6, 6.07) is 1.97. The Morgan fingerprint density at radius 2 is 2.28 bits per heavy atom. The highest BCUT2D eigenvalue weighted by Crippen LogP contribution is 2.25. The number of rotatable bonds is 2. The molecule has 0 saturated carbocycles. The minimum absolute atomic E-state index is 0.0177. The van der Waals surface area contributed by atoms with Gasteiger partial charge in [-0.05, 0) is 19.9 Å². The van der Waals surface area contributed by atoms with E-state index in [0.717, 1.165) is 16.9 Å². The van der Waals surface area contributed by atoms with E-state index in [-0.39, 0.29) is 17.5 Å². The SMILES string of the molecule is Cc1cc(N2CCS(=O)(=O)CC2C)c(CN)cn1. The third-order valence-electron chi connectivity index (χ3n) is 3.30. The Balaban J connectivity index is 2.34. The number of anilines is 1. The maximum absolute atomic E-state index is 11.6. The van der Waals surface area contributed by atoms with Crippen LogP contribution in [0.1, 0.15) is 18.2 Å². The molecule has 1 fully saturated rings. The van der Waals surface area contributed by atoms with Crippen LogP contribution in [0, 0.1) is 6.92 Å². The smallest absolute Gasteiger partial charge is 0.154 e. The third-order valence-corrected chi connectivity index (χ3v) is 5.09. The number of hydrogen-bond acceptors (Lipinski definition) is 5. The largest absolute Gasteiger partial charge is 0.366 e. The molecule has 2 N–H and O–H groups in total. The van der Waals surface area contributed by atoms with Crippen LogP contribution in [0.15, 0.2) is 12.3 Å². The summed E-state index contributed by atoms with van der Waals surface area (Å²) < 4.78 is 23.2. The fourth-order valence-electron chi connectivity index (χ4n) is 2.35. The highest BCUT2D eigenvalue weighted by molar-refractivity contribution is 7.91. The van der Waals surface area contributed by atoms with Crippen molar-refractivity contribution in [3.05, 3.63) is 23.5 Å². The van der Waals surface area contributed by atoms with E-state index in [1.54, 1.807) is 6.20 Å². The van der Waals surface area contributed by atoms with Crippen molar-refractivity contribution in [3.8, 4) is 0 Å². The molecule has 6 heteroatoms. The molecule has 0 aliphatic carbocycles. The Kier molecular flexibility index (Phi) is 3.59. The summed E-state index contributed by atoms with van der Waals surface area (Å²) in [7, 11) is -2.89. The molecule has 2 rings (SSSR count). The van der Waals surface area contributed by atoms with Crippen molar-refractivity contribution in [2.45, 2.75) is 26.4 Å². The Bertz CT molecular complexity index is 542. The van der Waals surface area contributed by atoms with Crippen molar-refractivity contribution in [1.82, 2.24) is 4.98 Å². The predicted octanol–water partition coefficient (Wildman–Crippen LogP) is 0.472. The molecule has 1 unspecified atom stereocenters. The van der Waals surface area contributed by atoms with Gasteiger partial charge in [0.1, 0.15) is 0 Å². The predicted molar refractivity (Wildman–Crippen MR) is 72.3 cm³/mol. The van der Waals surface area contributed by atoms with E-state index >= 15 is 0 Å². The lowest BCUT2D eigenvalue weighted by Crippen LogP contribution is -2.47. The summed E-state index contributed by atoms with van der Waals surface area (Å²) in [6.45, 7) is 4.81. The summed E-state index contributed by atoms with van der Waals surface area (Å²) >= 11 is 0. The van der Waals surface area contributed by atoms with Gasteiger partial charge >= 0.3 is 0 Å². The molecule has 1 aliphatic heterocycles. The number of pyridine rings is 1. The fourth-order valence-corrected chi connectivity index (χ4v) is 3.91. The summed E-state index contributed by atoms with van der Waals surface area (Å²) in [6.07, 6.45) is 1.78. The molecule has 18 heavy (non-hydrogen) atoms. The molecule has 2 heterocycles. The maximum Gasteiger partial charge on any atom is 0.154 e. The first-order valence-corrected chi connectivity index (χ1v) is 7.88. The van der Waals surface area contributed by atoms with E-state index in [1.807, 2.05) is 19.9 Å². The zero-order valence-electron chi connectivity index (χ0n) is 10.8. The molecule has 0 amide bonds. The molecule has 1 aromatic rings. The lowest BCUT2D eigenvalue weighted by Gasteiger charge is -2.36. The van der Waals surface area contributed by atoms with Gasteiger partial charge in [-0.15, -0.1) is 0 Å². The molecule has 0 spiro atoms. The fraction of sp³-hybridized carbons (Fsp3) is 0.583. The monoisotopic (exact) mass is 269 g/mol. The Morgan fingerprint density at radius 1 is 1.56 bits per heavy atom. The van der Waals surface area contributed by atoms with Gasteiger partial charge in [-0.25, -0.2) is 8.42 Å². The van der Waals surface area contributed by atoms with Gasteiger partial charge < -0.3 is 10.6 Å². The number of aromatic nitrogens is 1. The second kappa shape index (κ2) is 4.85. The van der Waals surface area contributed by atoms with Crippen molar-refractivity contribution in [1.29, 1.82) is 0 Å². The molecule has 1 saturated heterocycles. The standard InChI is InChI=1S/C12H19N3O2S/c1-9-5-12(11(6-13)7-14-9)15-3-4-18(16,17)8-10(15)2/h5,7,10H,3-4,6,8,13H2,1-2H3. The molecule has 100 valence electrons. The van der Waals surface area contributed by atoms with Crippen LogP contribution in [0.2, 0.25) is 0 Å². The summed E-state index contributed by atoms with van der Waals surface area (Å²) in [5.74, 6) is 0.418. The first-order valence-electron chi connectivity index (χ1n) is 6.05. The molecule has 1 aliphatic rings. The van der Waals surface area contributed by atoms with Gasteiger partial charge in [0.2, 0.25) is 0 Å². The minimum Gasteiger partial charge on any atom is -0.366 e. The highest BCUT2D eigenvalue weighted by Gasteiger charge is 2.29. The topological polar surface area (TPSA) is 76.3 Å². The minimum atomic E-state index is -2.89. The normalized spacial score (nSPS) is 23.1. The Hall–Kier alpha value is -1.14. The third kappa shape index (κ3) is 2.64. The quantitative estimate of drug-likeness (QED) is 0.844. The van der Waals surface area contributed by atoms with Gasteiger partial charge in [-0.2, -0.15) is 0 Å². The lowest BCUT2D eigenvalue weighted by atomic mass is 10.1. The second-order valence-corrected chi connectivity index (χ2v) is 7.04. The molecule has 0 bridgehead atoms. The number of hydrogen-bond donors (Lipinski definition) is 1. The van der Waals surface area contributed by atoms with Gasteiger partial charge in [-0.3, -0.25) is 4.98 Å². The van der Waals surface area contributed by atoms with Gasteiger partial charge in [0.15, 0.2) is 9.84 Å².